The van der Waals surface area contributed by atoms with E-state index in [2.05, 4.69) is 9.72 Å². The van der Waals surface area contributed by atoms with Gasteiger partial charge < -0.3 is 9.84 Å². The number of aliphatic hydroxyl groups is 1. The molecule has 1 aromatic rings. The van der Waals surface area contributed by atoms with Crippen molar-refractivity contribution in [3.05, 3.63) is 30.1 Å². The number of hydrogen-bond donors (Lipinski definition) is 1. The molecule has 8 heteroatoms. The van der Waals surface area contributed by atoms with Crippen LogP contribution in [0.2, 0.25) is 0 Å². The van der Waals surface area contributed by atoms with Crippen molar-refractivity contribution in [2.45, 2.75) is 18.2 Å². The monoisotopic (exact) mass is 277 g/mol. The van der Waals surface area contributed by atoms with Crippen LogP contribution in [0.4, 0.5) is 13.2 Å². The van der Waals surface area contributed by atoms with E-state index >= 15 is 0 Å². The fourth-order valence-corrected chi connectivity index (χ4v) is 1.31. The molecule has 0 aliphatic rings. The van der Waals surface area contributed by atoms with Crippen LogP contribution in [0.25, 0.3) is 0 Å². The first-order chi connectivity index (χ1) is 8.72. The number of alkyl halides is 3. The van der Waals surface area contributed by atoms with E-state index in [1.54, 1.807) is 0 Å². The second-order valence-electron chi connectivity index (χ2n) is 3.66. The molecular formula is C11H10F3NO4. The number of ether oxygens (including phenoxy) is 1. The molecule has 5 nitrogen and oxygen atoms in total. The maximum Gasteiger partial charge on any atom is 0.428 e. The molecule has 0 saturated carbocycles. The molecule has 0 saturated heterocycles. The van der Waals surface area contributed by atoms with Gasteiger partial charge in [-0.15, -0.1) is 0 Å². The number of esters is 1. The molecular weight excluding hydrogens is 267 g/mol. The lowest BCUT2D eigenvalue weighted by Crippen LogP contribution is -2.54. The zero-order valence-electron chi connectivity index (χ0n) is 9.77. The van der Waals surface area contributed by atoms with Crippen molar-refractivity contribution >= 4 is 11.8 Å². The summed E-state index contributed by atoms with van der Waals surface area (Å²) in [5.41, 5.74) is -4.16. The van der Waals surface area contributed by atoms with Gasteiger partial charge in [0.15, 0.2) is 5.78 Å². The minimum Gasteiger partial charge on any atom is -0.467 e. The summed E-state index contributed by atoms with van der Waals surface area (Å²) in [4.78, 5) is 26.2. The van der Waals surface area contributed by atoms with Gasteiger partial charge in [-0.2, -0.15) is 13.2 Å². The van der Waals surface area contributed by atoms with Crippen LogP contribution in [0.5, 0.6) is 0 Å². The topological polar surface area (TPSA) is 76.5 Å². The summed E-state index contributed by atoms with van der Waals surface area (Å²) in [6, 6.07) is 4.04. The van der Waals surface area contributed by atoms with E-state index < -0.39 is 30.0 Å². The molecule has 0 amide bonds. The third-order valence-electron chi connectivity index (χ3n) is 2.36. The Morgan fingerprint density at radius 2 is 2.00 bits per heavy atom. The van der Waals surface area contributed by atoms with Crippen LogP contribution in [0.15, 0.2) is 24.4 Å². The van der Waals surface area contributed by atoms with E-state index in [1.165, 1.54) is 24.4 Å². The molecule has 1 unspecified atom stereocenters. The van der Waals surface area contributed by atoms with E-state index in [4.69, 9.17) is 0 Å². The van der Waals surface area contributed by atoms with Crippen molar-refractivity contribution in [2.75, 3.05) is 7.11 Å². The van der Waals surface area contributed by atoms with Crippen molar-refractivity contribution < 1.29 is 32.6 Å². The number of halogens is 3. The number of Topliss-reactive ketones (excluding diaryl/α,β-unsaturated/α-hetero) is 1. The van der Waals surface area contributed by atoms with E-state index in [0.29, 0.717) is 7.11 Å². The summed E-state index contributed by atoms with van der Waals surface area (Å²) in [6.45, 7) is 0. The molecule has 0 bridgehead atoms. The number of rotatable bonds is 4. The summed E-state index contributed by atoms with van der Waals surface area (Å²) < 4.78 is 42.0. The highest BCUT2D eigenvalue weighted by Gasteiger charge is 2.61. The number of carbonyl (C=O) groups excluding carboxylic acids is 2. The highest BCUT2D eigenvalue weighted by molar-refractivity contribution is 5.98. The number of ketones is 1. The second-order valence-corrected chi connectivity index (χ2v) is 3.66. The van der Waals surface area contributed by atoms with Gasteiger partial charge in [0.25, 0.3) is 5.60 Å². The summed E-state index contributed by atoms with van der Waals surface area (Å²) in [5, 5.41) is 9.40. The Balaban J connectivity index is 3.04. The third kappa shape index (κ3) is 3.08. The molecule has 0 spiro atoms. The molecule has 104 valence electrons. The molecule has 1 atom stereocenters. The SMILES string of the molecule is COC(=O)C(O)(CC(=O)c1ccccn1)C(F)(F)F. The zero-order valence-corrected chi connectivity index (χ0v) is 9.77. The van der Waals surface area contributed by atoms with Crippen LogP contribution >= 0.6 is 0 Å². The quantitative estimate of drug-likeness (QED) is 0.659. The maximum atomic E-state index is 12.7. The summed E-state index contributed by atoms with van der Waals surface area (Å²) in [6.07, 6.45) is -5.61. The van der Waals surface area contributed by atoms with Crippen LogP contribution in [0, 0.1) is 0 Å². The van der Waals surface area contributed by atoms with Gasteiger partial charge in [0.05, 0.1) is 13.5 Å². The van der Waals surface area contributed by atoms with Crippen molar-refractivity contribution in [3.8, 4) is 0 Å². The predicted octanol–water partition coefficient (Wildman–Crippen LogP) is 1.12. The third-order valence-corrected chi connectivity index (χ3v) is 2.36. The Morgan fingerprint density at radius 1 is 1.37 bits per heavy atom. The normalized spacial score (nSPS) is 14.6. The maximum absolute atomic E-state index is 12.7. The first-order valence-electron chi connectivity index (χ1n) is 5.04. The Kier molecular flexibility index (Phi) is 4.25. The van der Waals surface area contributed by atoms with E-state index in [9.17, 15) is 27.9 Å². The van der Waals surface area contributed by atoms with Crippen molar-refractivity contribution in [3.63, 3.8) is 0 Å². The van der Waals surface area contributed by atoms with E-state index in [1.807, 2.05) is 0 Å². The zero-order chi connectivity index (χ0) is 14.7. The van der Waals surface area contributed by atoms with Gasteiger partial charge in [-0.25, -0.2) is 4.79 Å². The van der Waals surface area contributed by atoms with Gasteiger partial charge in [0.2, 0.25) is 0 Å². The molecule has 1 heterocycles. The highest BCUT2D eigenvalue weighted by Crippen LogP contribution is 2.35. The lowest BCUT2D eigenvalue weighted by atomic mass is 9.95. The Labute approximate surface area is 106 Å². The van der Waals surface area contributed by atoms with Gasteiger partial charge in [-0.1, -0.05) is 6.07 Å². The van der Waals surface area contributed by atoms with Gasteiger partial charge in [0, 0.05) is 6.20 Å². The van der Waals surface area contributed by atoms with Crippen LogP contribution < -0.4 is 0 Å². The summed E-state index contributed by atoms with van der Waals surface area (Å²) in [5.74, 6) is -3.06. The van der Waals surface area contributed by atoms with Gasteiger partial charge in [-0.05, 0) is 12.1 Å². The number of methoxy groups -OCH3 is 1. The first kappa shape index (κ1) is 15.1. The Bertz CT molecular complexity index is 475. The summed E-state index contributed by atoms with van der Waals surface area (Å²) >= 11 is 0. The van der Waals surface area contributed by atoms with Gasteiger partial charge in [0.1, 0.15) is 5.69 Å². The Hall–Kier alpha value is -1.96. The van der Waals surface area contributed by atoms with Crippen LogP contribution in [-0.2, 0) is 9.53 Å². The van der Waals surface area contributed by atoms with Gasteiger partial charge in [-0.3, -0.25) is 9.78 Å². The summed E-state index contributed by atoms with van der Waals surface area (Å²) in [7, 11) is 0.685. The number of nitrogens with zero attached hydrogens (tertiary/aromatic N) is 1. The molecule has 19 heavy (non-hydrogen) atoms. The van der Waals surface area contributed by atoms with Crippen molar-refractivity contribution in [1.29, 1.82) is 0 Å². The molecule has 0 radical (unpaired) electrons. The van der Waals surface area contributed by atoms with Crippen molar-refractivity contribution in [1.82, 2.24) is 4.98 Å². The number of aromatic nitrogens is 1. The number of hydrogen-bond acceptors (Lipinski definition) is 5. The molecule has 0 aromatic carbocycles. The predicted molar refractivity (Wildman–Crippen MR) is 56.2 cm³/mol. The minimum atomic E-state index is -5.33. The van der Waals surface area contributed by atoms with Crippen LogP contribution in [-0.4, -0.2) is 40.7 Å². The first-order valence-corrected chi connectivity index (χ1v) is 5.04. The number of carbonyl (C=O) groups is 2. The Morgan fingerprint density at radius 3 is 2.42 bits per heavy atom. The lowest BCUT2D eigenvalue weighted by molar-refractivity contribution is -0.260. The fraction of sp³-hybridized carbons (Fsp3) is 0.364. The van der Waals surface area contributed by atoms with E-state index in [-0.39, 0.29) is 5.69 Å². The van der Waals surface area contributed by atoms with Crippen LogP contribution in [0.3, 0.4) is 0 Å². The van der Waals surface area contributed by atoms with E-state index in [0.717, 1.165) is 0 Å². The molecule has 0 aliphatic carbocycles. The lowest BCUT2D eigenvalue weighted by Gasteiger charge is -2.26. The average Bonchev–Trinajstić information content (AvgIpc) is 2.37. The highest BCUT2D eigenvalue weighted by atomic mass is 19.4. The standard InChI is InChI=1S/C11H10F3NO4/c1-19-9(17)10(18,11(12,13)14)6-8(16)7-4-2-3-5-15-7/h2-5,18H,6H2,1H3. The van der Waals surface area contributed by atoms with Gasteiger partial charge >= 0.3 is 12.1 Å². The smallest absolute Gasteiger partial charge is 0.428 e. The molecule has 0 aliphatic heterocycles. The average molecular weight is 277 g/mol. The number of pyridine rings is 1. The fourth-order valence-electron chi connectivity index (χ4n) is 1.31. The molecule has 1 rings (SSSR count). The van der Waals surface area contributed by atoms with Crippen molar-refractivity contribution in [2.24, 2.45) is 0 Å². The largest absolute Gasteiger partial charge is 0.467 e. The molecule has 1 aromatic heterocycles. The van der Waals surface area contributed by atoms with Crippen LogP contribution in [0.1, 0.15) is 16.9 Å². The minimum absolute atomic E-state index is 0.283. The second kappa shape index (κ2) is 5.35. The molecule has 1 N–H and O–H groups in total. The molecule has 0 fully saturated rings.